The second-order valence-electron chi connectivity index (χ2n) is 6.19. The molecule has 1 unspecified atom stereocenters. The van der Waals surface area contributed by atoms with E-state index in [0.29, 0.717) is 12.4 Å². The standard InChI is InChI=1S/C17H20F3N5O2/c1-27-14-3-2-12-15(24-14)13(4-6-22-12)25-9-5-11(10-25)21-7-8-23-16(26)17(18,19)20/h2-4,6,11,21H,5,7-10H2,1H3,(H,23,26). The number of hydrogen-bond donors (Lipinski definition) is 2. The van der Waals surface area contributed by atoms with Crippen molar-refractivity contribution in [1.82, 2.24) is 20.6 Å². The van der Waals surface area contributed by atoms with Crippen molar-refractivity contribution in [3.63, 3.8) is 0 Å². The quantitative estimate of drug-likeness (QED) is 0.736. The van der Waals surface area contributed by atoms with Gasteiger partial charge in [-0.05, 0) is 18.6 Å². The molecule has 1 fully saturated rings. The van der Waals surface area contributed by atoms with Crippen LogP contribution in [-0.4, -0.2) is 61.4 Å². The molecule has 0 spiro atoms. The van der Waals surface area contributed by atoms with Crippen LogP contribution in [0.15, 0.2) is 24.4 Å². The summed E-state index contributed by atoms with van der Waals surface area (Å²) in [6.07, 6.45) is -2.29. The van der Waals surface area contributed by atoms with E-state index in [0.717, 1.165) is 29.7 Å². The summed E-state index contributed by atoms with van der Waals surface area (Å²) < 4.78 is 41.6. The first kappa shape index (κ1) is 19.2. The number of methoxy groups -OCH3 is 1. The van der Waals surface area contributed by atoms with Crippen LogP contribution in [0.1, 0.15) is 6.42 Å². The Labute approximate surface area is 153 Å². The fraction of sp³-hybridized carbons (Fsp3) is 0.471. The van der Waals surface area contributed by atoms with Gasteiger partial charge in [0.25, 0.3) is 0 Å². The van der Waals surface area contributed by atoms with Gasteiger partial charge >= 0.3 is 12.1 Å². The van der Waals surface area contributed by atoms with Crippen LogP contribution >= 0.6 is 0 Å². The number of pyridine rings is 2. The summed E-state index contributed by atoms with van der Waals surface area (Å²) in [5.41, 5.74) is 2.45. The van der Waals surface area contributed by atoms with Gasteiger partial charge in [-0.15, -0.1) is 0 Å². The average Bonchev–Trinajstić information content (AvgIpc) is 3.12. The number of carbonyl (C=O) groups excluding carboxylic acids is 1. The highest BCUT2D eigenvalue weighted by Gasteiger charge is 2.38. The fourth-order valence-corrected chi connectivity index (χ4v) is 3.06. The lowest BCUT2D eigenvalue weighted by Crippen LogP contribution is -2.42. The maximum atomic E-state index is 12.1. The van der Waals surface area contributed by atoms with E-state index in [1.54, 1.807) is 19.4 Å². The molecule has 1 aliphatic rings. The van der Waals surface area contributed by atoms with Gasteiger partial charge in [-0.3, -0.25) is 9.78 Å². The van der Waals surface area contributed by atoms with Crippen LogP contribution in [0.5, 0.6) is 5.88 Å². The lowest BCUT2D eigenvalue weighted by Gasteiger charge is -2.20. The van der Waals surface area contributed by atoms with Crippen LogP contribution in [0.2, 0.25) is 0 Å². The SMILES string of the molecule is COc1ccc2nccc(N3CCC(NCCNC(=O)C(F)(F)F)C3)c2n1. The number of carbonyl (C=O) groups is 1. The van der Waals surface area contributed by atoms with Gasteiger partial charge in [-0.1, -0.05) is 0 Å². The Kier molecular flexibility index (Phi) is 5.64. The van der Waals surface area contributed by atoms with E-state index in [-0.39, 0.29) is 19.1 Å². The molecule has 3 rings (SSSR count). The van der Waals surface area contributed by atoms with E-state index < -0.39 is 12.1 Å². The number of anilines is 1. The molecular formula is C17H20F3N5O2. The first-order valence-electron chi connectivity index (χ1n) is 8.51. The van der Waals surface area contributed by atoms with Crippen LogP contribution < -0.4 is 20.3 Å². The summed E-state index contributed by atoms with van der Waals surface area (Å²) in [6.45, 7) is 1.66. The van der Waals surface area contributed by atoms with Crippen molar-refractivity contribution in [1.29, 1.82) is 0 Å². The van der Waals surface area contributed by atoms with Gasteiger partial charge < -0.3 is 20.3 Å². The largest absolute Gasteiger partial charge is 0.481 e. The smallest absolute Gasteiger partial charge is 0.471 e. The Bertz CT molecular complexity index is 815. The summed E-state index contributed by atoms with van der Waals surface area (Å²) in [5, 5.41) is 5.03. The molecule has 1 aliphatic heterocycles. The summed E-state index contributed by atoms with van der Waals surface area (Å²) >= 11 is 0. The van der Waals surface area contributed by atoms with Crippen molar-refractivity contribution in [2.45, 2.75) is 18.6 Å². The average molecular weight is 383 g/mol. The van der Waals surface area contributed by atoms with Crippen LogP contribution in [0.4, 0.5) is 18.9 Å². The second kappa shape index (κ2) is 7.95. The van der Waals surface area contributed by atoms with E-state index >= 15 is 0 Å². The fourth-order valence-electron chi connectivity index (χ4n) is 3.06. The predicted octanol–water partition coefficient (Wildman–Crippen LogP) is 1.49. The topological polar surface area (TPSA) is 79.4 Å². The molecule has 10 heteroatoms. The van der Waals surface area contributed by atoms with Crippen molar-refractivity contribution in [3.8, 4) is 5.88 Å². The third-order valence-electron chi connectivity index (χ3n) is 4.38. The van der Waals surface area contributed by atoms with Crippen LogP contribution in [0.25, 0.3) is 11.0 Å². The zero-order valence-electron chi connectivity index (χ0n) is 14.7. The molecule has 2 aromatic rings. The van der Waals surface area contributed by atoms with E-state index in [1.165, 1.54) is 0 Å². The number of nitrogens with zero attached hydrogens (tertiary/aromatic N) is 3. The van der Waals surface area contributed by atoms with Crippen molar-refractivity contribution >= 4 is 22.6 Å². The van der Waals surface area contributed by atoms with Gasteiger partial charge in [0.15, 0.2) is 0 Å². The molecule has 2 aromatic heterocycles. The molecular weight excluding hydrogens is 363 g/mol. The molecule has 0 bridgehead atoms. The Hall–Kier alpha value is -2.62. The number of aromatic nitrogens is 2. The summed E-state index contributed by atoms with van der Waals surface area (Å²) in [6, 6.07) is 5.60. The molecule has 1 amide bonds. The minimum atomic E-state index is -4.85. The monoisotopic (exact) mass is 383 g/mol. The van der Waals surface area contributed by atoms with Crippen molar-refractivity contribution in [3.05, 3.63) is 24.4 Å². The van der Waals surface area contributed by atoms with Gasteiger partial charge in [0, 0.05) is 44.5 Å². The first-order chi connectivity index (χ1) is 12.9. The van der Waals surface area contributed by atoms with Gasteiger partial charge in [0.05, 0.1) is 18.3 Å². The lowest BCUT2D eigenvalue weighted by atomic mass is 10.2. The molecule has 1 atom stereocenters. The van der Waals surface area contributed by atoms with Crippen molar-refractivity contribution in [2.75, 3.05) is 38.2 Å². The zero-order valence-corrected chi connectivity index (χ0v) is 14.7. The summed E-state index contributed by atoms with van der Waals surface area (Å²) in [7, 11) is 1.55. The van der Waals surface area contributed by atoms with Gasteiger partial charge in [0.1, 0.15) is 5.52 Å². The Morgan fingerprint density at radius 2 is 2.15 bits per heavy atom. The molecule has 0 aliphatic carbocycles. The van der Waals surface area contributed by atoms with Crippen LogP contribution in [0.3, 0.4) is 0 Å². The predicted molar refractivity (Wildman–Crippen MR) is 93.8 cm³/mol. The number of alkyl halides is 3. The van der Waals surface area contributed by atoms with Gasteiger partial charge in [0.2, 0.25) is 5.88 Å². The number of rotatable bonds is 6. The highest BCUT2D eigenvalue weighted by Crippen LogP contribution is 2.28. The second-order valence-corrected chi connectivity index (χ2v) is 6.19. The van der Waals surface area contributed by atoms with E-state index in [4.69, 9.17) is 4.74 Å². The molecule has 0 aromatic carbocycles. The number of hydrogen-bond acceptors (Lipinski definition) is 6. The Balaban J connectivity index is 1.57. The lowest BCUT2D eigenvalue weighted by molar-refractivity contribution is -0.173. The molecule has 0 saturated carbocycles. The van der Waals surface area contributed by atoms with Crippen LogP contribution in [0, 0.1) is 0 Å². The van der Waals surface area contributed by atoms with E-state index in [9.17, 15) is 18.0 Å². The van der Waals surface area contributed by atoms with E-state index in [2.05, 4.69) is 20.2 Å². The number of amides is 1. The molecule has 1 saturated heterocycles. The third kappa shape index (κ3) is 4.57. The molecule has 146 valence electrons. The first-order valence-corrected chi connectivity index (χ1v) is 8.51. The minimum Gasteiger partial charge on any atom is -0.481 e. The summed E-state index contributed by atoms with van der Waals surface area (Å²) in [5.74, 6) is -1.41. The van der Waals surface area contributed by atoms with Gasteiger partial charge in [-0.2, -0.15) is 13.2 Å². The van der Waals surface area contributed by atoms with Crippen LogP contribution in [-0.2, 0) is 4.79 Å². The number of halogens is 3. The third-order valence-corrected chi connectivity index (χ3v) is 4.38. The Morgan fingerprint density at radius 3 is 2.89 bits per heavy atom. The van der Waals surface area contributed by atoms with E-state index in [1.807, 2.05) is 17.4 Å². The van der Waals surface area contributed by atoms with Crippen molar-refractivity contribution in [2.24, 2.45) is 0 Å². The normalized spacial score (nSPS) is 17.3. The maximum absolute atomic E-state index is 12.1. The molecule has 0 radical (unpaired) electrons. The number of ether oxygens (including phenoxy) is 1. The highest BCUT2D eigenvalue weighted by atomic mass is 19.4. The Morgan fingerprint density at radius 1 is 1.33 bits per heavy atom. The number of nitrogens with one attached hydrogen (secondary N) is 2. The molecule has 7 nitrogen and oxygen atoms in total. The van der Waals surface area contributed by atoms with Crippen molar-refractivity contribution < 1.29 is 22.7 Å². The molecule has 3 heterocycles. The summed E-state index contributed by atoms with van der Waals surface area (Å²) in [4.78, 5) is 21.7. The molecule has 2 N–H and O–H groups in total. The number of fused-ring (bicyclic) bond motifs is 1. The maximum Gasteiger partial charge on any atom is 0.471 e. The minimum absolute atomic E-state index is 0.0776. The molecule has 27 heavy (non-hydrogen) atoms. The zero-order chi connectivity index (χ0) is 19.4. The van der Waals surface area contributed by atoms with Gasteiger partial charge in [-0.25, -0.2) is 4.98 Å². The highest BCUT2D eigenvalue weighted by molar-refractivity contribution is 5.88.